The van der Waals surface area contributed by atoms with Crippen LogP contribution in [0.15, 0.2) is 0 Å². The van der Waals surface area contributed by atoms with E-state index in [4.69, 9.17) is 24.7 Å². The molecule has 2 fully saturated rings. The first kappa shape index (κ1) is 30.2. The SMILES string of the molecule is NCCCCCC(=O)NCCCO[C@@H]1O[C@H](CO[C@@H]2O[C@H](CO)[C@@H](O)[C@H](O)[C@H]2O)[C@@H](O)[C@H](O)[C@H]1O. The van der Waals surface area contributed by atoms with Crippen molar-refractivity contribution < 1.29 is 59.5 Å². The summed E-state index contributed by atoms with van der Waals surface area (Å²) in [5, 5.41) is 72.3. The van der Waals surface area contributed by atoms with E-state index < -0.39 is 74.6 Å². The van der Waals surface area contributed by atoms with Crippen molar-refractivity contribution in [3.8, 4) is 0 Å². The van der Waals surface area contributed by atoms with E-state index >= 15 is 0 Å². The molecule has 10 atom stereocenters. The average Bonchev–Trinajstić information content (AvgIpc) is 2.85. The number of unbranched alkanes of at least 4 members (excludes halogenated alkanes) is 2. The number of ether oxygens (including phenoxy) is 4. The molecule has 2 rings (SSSR count). The van der Waals surface area contributed by atoms with E-state index in [1.807, 2.05) is 0 Å². The molecule has 14 nitrogen and oxygen atoms in total. The fourth-order valence-corrected chi connectivity index (χ4v) is 3.78. The van der Waals surface area contributed by atoms with E-state index in [-0.39, 0.29) is 12.5 Å². The number of rotatable bonds is 14. The highest BCUT2D eigenvalue weighted by Crippen LogP contribution is 2.26. The van der Waals surface area contributed by atoms with Crippen molar-refractivity contribution in [2.24, 2.45) is 5.73 Å². The highest BCUT2D eigenvalue weighted by Gasteiger charge is 2.47. The lowest BCUT2D eigenvalue weighted by molar-refractivity contribution is -0.331. The van der Waals surface area contributed by atoms with Crippen LogP contribution in [0.25, 0.3) is 0 Å². The van der Waals surface area contributed by atoms with E-state index in [1.165, 1.54) is 0 Å². The molecular weight excluding hydrogens is 472 g/mol. The molecule has 206 valence electrons. The van der Waals surface area contributed by atoms with Gasteiger partial charge in [-0.15, -0.1) is 0 Å². The largest absolute Gasteiger partial charge is 0.394 e. The molecule has 10 N–H and O–H groups in total. The second-order valence-electron chi connectivity index (χ2n) is 8.72. The molecule has 2 aliphatic heterocycles. The van der Waals surface area contributed by atoms with Crippen molar-refractivity contribution in [3.05, 3.63) is 0 Å². The van der Waals surface area contributed by atoms with Gasteiger partial charge in [0.2, 0.25) is 5.91 Å². The van der Waals surface area contributed by atoms with Crippen LogP contribution in [0.2, 0.25) is 0 Å². The van der Waals surface area contributed by atoms with Gasteiger partial charge in [-0.05, 0) is 25.8 Å². The number of aliphatic hydroxyl groups excluding tert-OH is 7. The van der Waals surface area contributed by atoms with Gasteiger partial charge in [0.1, 0.15) is 48.8 Å². The summed E-state index contributed by atoms with van der Waals surface area (Å²) in [7, 11) is 0. The molecule has 0 radical (unpaired) electrons. The zero-order chi connectivity index (χ0) is 26.0. The lowest BCUT2D eigenvalue weighted by atomic mass is 9.98. The molecule has 1 amide bonds. The Kier molecular flexibility index (Phi) is 13.2. The minimum Gasteiger partial charge on any atom is -0.394 e. The topological polar surface area (TPSA) is 234 Å². The summed E-state index contributed by atoms with van der Waals surface area (Å²) in [6, 6.07) is 0. The summed E-state index contributed by atoms with van der Waals surface area (Å²) >= 11 is 0. The highest BCUT2D eigenvalue weighted by atomic mass is 16.7. The van der Waals surface area contributed by atoms with Crippen LogP contribution in [0, 0.1) is 0 Å². The highest BCUT2D eigenvalue weighted by molar-refractivity contribution is 5.75. The summed E-state index contributed by atoms with van der Waals surface area (Å²) < 4.78 is 21.6. The third-order valence-corrected chi connectivity index (χ3v) is 5.98. The molecule has 0 aromatic heterocycles. The average molecular weight is 513 g/mol. The number of nitrogens with one attached hydrogen (secondary N) is 1. The van der Waals surface area contributed by atoms with E-state index in [0.717, 1.165) is 19.3 Å². The monoisotopic (exact) mass is 512 g/mol. The summed E-state index contributed by atoms with van der Waals surface area (Å²) in [5.41, 5.74) is 5.41. The van der Waals surface area contributed by atoms with Crippen molar-refractivity contribution in [2.45, 2.75) is 93.5 Å². The number of nitrogens with two attached hydrogens (primary N) is 1. The van der Waals surface area contributed by atoms with Gasteiger partial charge in [-0.3, -0.25) is 4.79 Å². The molecule has 2 heterocycles. The number of carbonyl (C=O) groups is 1. The lowest BCUT2D eigenvalue weighted by Crippen LogP contribution is -2.61. The minimum absolute atomic E-state index is 0.0816. The number of hydrogen-bond donors (Lipinski definition) is 9. The van der Waals surface area contributed by atoms with Gasteiger partial charge < -0.3 is 65.7 Å². The standard InChI is InChI=1S/C21H40N2O12/c22-6-3-1-2-5-13(25)23-7-4-8-32-20-18(30)17(29)15(27)12(35-20)10-33-21-19(31)16(28)14(26)11(9-24)34-21/h11-12,14-21,24,26-31H,1-10,22H2,(H,23,25)/t11-,12-,14-,15-,16+,17+,18-,19-,20-,21-/m1/s1. The number of hydrogen-bond acceptors (Lipinski definition) is 13. The van der Waals surface area contributed by atoms with Gasteiger partial charge in [0.05, 0.1) is 19.8 Å². The maximum atomic E-state index is 11.8. The second kappa shape index (κ2) is 15.3. The first-order chi connectivity index (χ1) is 16.7. The van der Waals surface area contributed by atoms with Crippen LogP contribution in [0.5, 0.6) is 0 Å². The Morgan fingerprint density at radius 1 is 0.771 bits per heavy atom. The second-order valence-corrected chi connectivity index (χ2v) is 8.72. The number of aliphatic hydroxyl groups is 7. The van der Waals surface area contributed by atoms with Crippen molar-refractivity contribution in [1.29, 1.82) is 0 Å². The van der Waals surface area contributed by atoms with Crippen LogP contribution in [0.1, 0.15) is 32.1 Å². The molecule has 14 heteroatoms. The van der Waals surface area contributed by atoms with Gasteiger partial charge in [-0.2, -0.15) is 0 Å². The van der Waals surface area contributed by atoms with Gasteiger partial charge in [-0.1, -0.05) is 6.42 Å². The molecule has 0 aromatic carbocycles. The Bertz CT molecular complexity index is 615. The van der Waals surface area contributed by atoms with Crippen LogP contribution in [0.3, 0.4) is 0 Å². The lowest BCUT2D eigenvalue weighted by Gasteiger charge is -2.42. The van der Waals surface area contributed by atoms with Gasteiger partial charge in [0, 0.05) is 13.0 Å². The Hall–Kier alpha value is -1.01. The zero-order valence-corrected chi connectivity index (χ0v) is 19.6. The van der Waals surface area contributed by atoms with Gasteiger partial charge in [0.15, 0.2) is 12.6 Å². The molecule has 0 unspecified atom stereocenters. The Morgan fingerprint density at radius 3 is 2.00 bits per heavy atom. The van der Waals surface area contributed by atoms with Crippen molar-refractivity contribution in [1.82, 2.24) is 5.32 Å². The molecule has 2 aliphatic rings. The van der Waals surface area contributed by atoms with Crippen LogP contribution < -0.4 is 11.1 Å². The zero-order valence-electron chi connectivity index (χ0n) is 19.6. The van der Waals surface area contributed by atoms with Crippen LogP contribution in [0.4, 0.5) is 0 Å². The van der Waals surface area contributed by atoms with Gasteiger partial charge >= 0.3 is 0 Å². The summed E-state index contributed by atoms with van der Waals surface area (Å²) in [6.45, 7) is -0.0528. The van der Waals surface area contributed by atoms with Crippen molar-refractivity contribution in [2.75, 3.05) is 32.9 Å². The molecule has 0 saturated carbocycles. The molecule has 0 aliphatic carbocycles. The Labute approximate surface area is 203 Å². The molecule has 0 bridgehead atoms. The third-order valence-electron chi connectivity index (χ3n) is 5.98. The maximum absolute atomic E-state index is 11.8. The predicted molar refractivity (Wildman–Crippen MR) is 118 cm³/mol. The number of amides is 1. The van der Waals surface area contributed by atoms with Crippen LogP contribution >= 0.6 is 0 Å². The minimum atomic E-state index is -1.65. The van der Waals surface area contributed by atoms with Crippen LogP contribution in [-0.2, 0) is 23.7 Å². The molecule has 35 heavy (non-hydrogen) atoms. The third kappa shape index (κ3) is 8.80. The molecule has 0 aromatic rings. The van der Waals surface area contributed by atoms with Gasteiger partial charge in [-0.25, -0.2) is 0 Å². The molecule has 0 spiro atoms. The summed E-state index contributed by atoms with van der Waals surface area (Å²) in [5.74, 6) is -0.0834. The normalized spacial score (nSPS) is 37.8. The fourth-order valence-electron chi connectivity index (χ4n) is 3.78. The van der Waals surface area contributed by atoms with Crippen molar-refractivity contribution >= 4 is 5.91 Å². The fraction of sp³-hybridized carbons (Fsp3) is 0.952. The Balaban J connectivity index is 1.76. The van der Waals surface area contributed by atoms with E-state index in [9.17, 15) is 40.5 Å². The molecule has 2 saturated heterocycles. The predicted octanol–water partition coefficient (Wildman–Crippen LogP) is -4.35. The Morgan fingerprint density at radius 2 is 1.37 bits per heavy atom. The van der Waals surface area contributed by atoms with Crippen LogP contribution in [-0.4, -0.2) is 136 Å². The maximum Gasteiger partial charge on any atom is 0.219 e. The summed E-state index contributed by atoms with van der Waals surface area (Å²) in [4.78, 5) is 11.8. The smallest absolute Gasteiger partial charge is 0.219 e. The van der Waals surface area contributed by atoms with Gasteiger partial charge in [0.25, 0.3) is 0 Å². The molecular formula is C21H40N2O12. The van der Waals surface area contributed by atoms with Crippen molar-refractivity contribution in [3.63, 3.8) is 0 Å². The van der Waals surface area contributed by atoms with E-state index in [2.05, 4.69) is 5.32 Å². The first-order valence-electron chi connectivity index (χ1n) is 11.9. The summed E-state index contributed by atoms with van der Waals surface area (Å²) in [6.07, 6.45) is -11.4. The first-order valence-corrected chi connectivity index (χ1v) is 11.9. The van der Waals surface area contributed by atoms with E-state index in [1.54, 1.807) is 0 Å². The van der Waals surface area contributed by atoms with E-state index in [0.29, 0.717) is 25.9 Å². The number of carbonyl (C=O) groups excluding carboxylic acids is 1. The quantitative estimate of drug-likeness (QED) is 0.100.